The maximum absolute atomic E-state index is 12.7. The third-order valence-electron chi connectivity index (χ3n) is 6.21. The summed E-state index contributed by atoms with van der Waals surface area (Å²) < 4.78 is 1.67. The molecular weight excluding hydrogens is 326 g/mol. The van der Waals surface area contributed by atoms with E-state index in [0.717, 1.165) is 22.2 Å². The first kappa shape index (κ1) is 16.8. The number of Topliss-reactive ketones (excluding diaryl/α,β-unsaturated/α-hetero) is 1. The van der Waals surface area contributed by atoms with Crippen LogP contribution >= 0.6 is 0 Å². The smallest absolute Gasteiger partial charge is 0.144 e. The molecule has 6 nitrogen and oxygen atoms in total. The average molecular weight is 349 g/mol. The highest BCUT2D eigenvalue weighted by molar-refractivity contribution is 5.88. The van der Waals surface area contributed by atoms with Crippen LogP contribution in [0.1, 0.15) is 33.5 Å². The summed E-state index contributed by atoms with van der Waals surface area (Å²) in [4.78, 5) is 21.8. The summed E-state index contributed by atoms with van der Waals surface area (Å²) in [5.74, 6) is 0.877. The molecule has 6 heteroatoms. The van der Waals surface area contributed by atoms with Gasteiger partial charge in [0.25, 0.3) is 0 Å². The zero-order valence-corrected chi connectivity index (χ0v) is 15.8. The van der Waals surface area contributed by atoms with Crippen molar-refractivity contribution in [2.75, 3.05) is 0 Å². The molecule has 1 aliphatic carbocycles. The van der Waals surface area contributed by atoms with Crippen molar-refractivity contribution < 1.29 is 4.79 Å². The third kappa shape index (κ3) is 2.52. The molecule has 0 bridgehead atoms. The largest absolute Gasteiger partial charge is 0.299 e. The van der Waals surface area contributed by atoms with Crippen molar-refractivity contribution in [3.63, 3.8) is 0 Å². The zero-order chi connectivity index (χ0) is 18.7. The van der Waals surface area contributed by atoms with Crippen LogP contribution in [0.3, 0.4) is 0 Å². The van der Waals surface area contributed by atoms with Gasteiger partial charge in [-0.15, -0.1) is 5.10 Å². The van der Waals surface area contributed by atoms with Crippen LogP contribution in [0.4, 0.5) is 0 Å². The Labute approximate surface area is 152 Å². The maximum atomic E-state index is 12.7. The second-order valence-electron chi connectivity index (χ2n) is 8.36. The summed E-state index contributed by atoms with van der Waals surface area (Å²) >= 11 is 0. The Bertz CT molecular complexity index is 1000. The number of benzene rings is 1. The quantitative estimate of drug-likeness (QED) is 0.723. The number of rotatable bonds is 4. The molecule has 4 rings (SSSR count). The molecule has 26 heavy (non-hydrogen) atoms. The van der Waals surface area contributed by atoms with E-state index in [9.17, 15) is 4.79 Å². The SMILES string of the molecule is Cn1cc(-c2ccc3cnc(CC(=O)C4C(C)(C)C4(C)C)nc3c2)nn1. The molecule has 0 spiro atoms. The summed E-state index contributed by atoms with van der Waals surface area (Å²) in [5.41, 5.74) is 2.65. The normalized spacial score (nSPS) is 18.2. The summed E-state index contributed by atoms with van der Waals surface area (Å²) in [5, 5.41) is 9.06. The Morgan fingerprint density at radius 2 is 1.92 bits per heavy atom. The predicted molar refractivity (Wildman–Crippen MR) is 99.3 cm³/mol. The molecule has 1 fully saturated rings. The Morgan fingerprint density at radius 1 is 1.19 bits per heavy atom. The lowest BCUT2D eigenvalue weighted by atomic mass is 10.0. The number of carbonyl (C=O) groups is 1. The van der Waals surface area contributed by atoms with Crippen molar-refractivity contribution in [2.24, 2.45) is 23.8 Å². The molecule has 1 aromatic carbocycles. The first-order valence-electron chi connectivity index (χ1n) is 8.85. The highest BCUT2D eigenvalue weighted by Crippen LogP contribution is 2.68. The Kier molecular flexibility index (Phi) is 3.51. The minimum atomic E-state index is 0.0417. The second kappa shape index (κ2) is 5.43. The van der Waals surface area contributed by atoms with Crippen molar-refractivity contribution in [2.45, 2.75) is 34.1 Å². The van der Waals surface area contributed by atoms with E-state index in [1.807, 2.05) is 31.4 Å². The molecular formula is C20H23N5O. The Morgan fingerprint density at radius 3 is 2.54 bits per heavy atom. The monoisotopic (exact) mass is 349 g/mol. The summed E-state index contributed by atoms with van der Waals surface area (Å²) in [6, 6.07) is 5.92. The van der Waals surface area contributed by atoms with Gasteiger partial charge < -0.3 is 0 Å². The number of aromatic nitrogens is 5. The van der Waals surface area contributed by atoms with Crippen molar-refractivity contribution in [1.29, 1.82) is 0 Å². The molecule has 0 N–H and O–H groups in total. The van der Waals surface area contributed by atoms with Crippen molar-refractivity contribution in [3.05, 3.63) is 36.4 Å². The minimum Gasteiger partial charge on any atom is -0.299 e. The number of hydrogen-bond donors (Lipinski definition) is 0. The molecule has 134 valence electrons. The van der Waals surface area contributed by atoms with Gasteiger partial charge in [-0.3, -0.25) is 9.48 Å². The van der Waals surface area contributed by atoms with Gasteiger partial charge in [0, 0.05) is 30.1 Å². The fourth-order valence-corrected chi connectivity index (χ4v) is 4.04. The molecule has 2 aromatic heterocycles. The topological polar surface area (TPSA) is 73.6 Å². The Hall–Kier alpha value is -2.63. The van der Waals surface area contributed by atoms with E-state index >= 15 is 0 Å². The summed E-state index contributed by atoms with van der Waals surface area (Å²) in [7, 11) is 1.84. The number of nitrogens with zero attached hydrogens (tertiary/aromatic N) is 5. The number of hydrogen-bond acceptors (Lipinski definition) is 5. The molecule has 0 amide bonds. The fourth-order valence-electron chi connectivity index (χ4n) is 4.04. The van der Waals surface area contributed by atoms with Crippen LogP contribution in [-0.4, -0.2) is 30.7 Å². The van der Waals surface area contributed by atoms with Crippen LogP contribution in [0.5, 0.6) is 0 Å². The van der Waals surface area contributed by atoms with Crippen LogP contribution in [0, 0.1) is 16.7 Å². The van der Waals surface area contributed by atoms with Gasteiger partial charge in [0.1, 0.15) is 17.3 Å². The first-order valence-corrected chi connectivity index (χ1v) is 8.85. The van der Waals surface area contributed by atoms with E-state index in [0.29, 0.717) is 5.82 Å². The molecule has 0 unspecified atom stereocenters. The number of aryl methyl sites for hydroxylation is 1. The zero-order valence-electron chi connectivity index (χ0n) is 15.8. The molecule has 2 heterocycles. The number of fused-ring (bicyclic) bond motifs is 1. The van der Waals surface area contributed by atoms with Gasteiger partial charge in [0.2, 0.25) is 0 Å². The van der Waals surface area contributed by atoms with Gasteiger partial charge in [-0.25, -0.2) is 9.97 Å². The van der Waals surface area contributed by atoms with Crippen LogP contribution in [-0.2, 0) is 18.3 Å². The summed E-state index contributed by atoms with van der Waals surface area (Å²) in [6.45, 7) is 8.63. The van der Waals surface area contributed by atoms with E-state index in [2.05, 4.69) is 48.0 Å². The van der Waals surface area contributed by atoms with Gasteiger partial charge in [0.05, 0.1) is 18.1 Å². The van der Waals surface area contributed by atoms with Crippen LogP contribution in [0.2, 0.25) is 0 Å². The van der Waals surface area contributed by atoms with Crippen LogP contribution in [0.15, 0.2) is 30.6 Å². The van der Waals surface area contributed by atoms with E-state index in [1.54, 1.807) is 10.9 Å². The third-order valence-corrected chi connectivity index (χ3v) is 6.21. The van der Waals surface area contributed by atoms with Crippen molar-refractivity contribution >= 4 is 16.7 Å². The lowest BCUT2D eigenvalue weighted by Gasteiger charge is -2.05. The van der Waals surface area contributed by atoms with Crippen molar-refractivity contribution in [1.82, 2.24) is 25.0 Å². The fraction of sp³-hybridized carbons (Fsp3) is 0.450. The van der Waals surface area contributed by atoms with E-state index < -0.39 is 0 Å². The highest BCUT2D eigenvalue weighted by atomic mass is 16.1. The number of ketones is 1. The van der Waals surface area contributed by atoms with E-state index in [-0.39, 0.29) is 29.0 Å². The minimum absolute atomic E-state index is 0.0417. The summed E-state index contributed by atoms with van der Waals surface area (Å²) in [6.07, 6.45) is 3.93. The lowest BCUT2D eigenvalue weighted by Crippen LogP contribution is -2.12. The van der Waals surface area contributed by atoms with Gasteiger partial charge in [-0.2, -0.15) is 0 Å². The molecule has 3 aromatic rings. The van der Waals surface area contributed by atoms with Gasteiger partial charge in [-0.1, -0.05) is 45.0 Å². The molecule has 1 aliphatic rings. The van der Waals surface area contributed by atoms with Gasteiger partial charge >= 0.3 is 0 Å². The highest BCUT2D eigenvalue weighted by Gasteiger charge is 2.67. The molecule has 0 aliphatic heterocycles. The van der Waals surface area contributed by atoms with E-state index in [1.165, 1.54) is 0 Å². The standard InChI is InChI=1S/C20H23N5O/c1-19(2)18(20(19,3)4)16(26)9-17-21-10-13-7-6-12(8-14(13)22-17)15-11-25(5)24-23-15/h6-8,10-11,18H,9H2,1-5H3. The average Bonchev–Trinajstić information content (AvgIpc) is 2.87. The van der Waals surface area contributed by atoms with Gasteiger partial charge in [-0.05, 0) is 16.9 Å². The van der Waals surface area contributed by atoms with E-state index in [4.69, 9.17) is 0 Å². The predicted octanol–water partition coefficient (Wildman–Crippen LogP) is 3.22. The molecule has 0 atom stereocenters. The van der Waals surface area contributed by atoms with Crippen molar-refractivity contribution in [3.8, 4) is 11.3 Å². The molecule has 0 saturated heterocycles. The second-order valence-corrected chi connectivity index (χ2v) is 8.36. The molecule has 0 radical (unpaired) electrons. The lowest BCUT2D eigenvalue weighted by molar-refractivity contribution is -0.120. The molecule has 1 saturated carbocycles. The van der Waals surface area contributed by atoms with Crippen LogP contribution < -0.4 is 0 Å². The van der Waals surface area contributed by atoms with Gasteiger partial charge in [0.15, 0.2) is 0 Å². The number of carbonyl (C=O) groups excluding carboxylic acids is 1. The van der Waals surface area contributed by atoms with Crippen LogP contribution in [0.25, 0.3) is 22.2 Å². The first-order chi connectivity index (χ1) is 12.2. The maximum Gasteiger partial charge on any atom is 0.144 e. The Balaban J connectivity index is 1.62.